The van der Waals surface area contributed by atoms with Crippen LogP contribution < -0.4 is 5.32 Å². The number of amides is 1. The summed E-state index contributed by atoms with van der Waals surface area (Å²) in [5.74, 6) is -0.245. The molecule has 20 heavy (non-hydrogen) atoms. The van der Waals surface area contributed by atoms with Crippen molar-refractivity contribution in [3.63, 3.8) is 0 Å². The van der Waals surface area contributed by atoms with E-state index in [-0.39, 0.29) is 11.1 Å². The number of hydrogen-bond donors (Lipinski definition) is 1. The fourth-order valence-corrected chi connectivity index (χ4v) is 2.67. The Morgan fingerprint density at radius 1 is 1.40 bits per heavy atom. The van der Waals surface area contributed by atoms with Crippen LogP contribution in [0.15, 0.2) is 29.0 Å². The van der Waals surface area contributed by atoms with Crippen molar-refractivity contribution in [3.05, 3.63) is 44.9 Å². The van der Waals surface area contributed by atoms with Crippen LogP contribution in [0.25, 0.3) is 0 Å². The Bertz CT molecular complexity index is 682. The average Bonchev–Trinajstić information content (AvgIpc) is 3.17. The predicted molar refractivity (Wildman–Crippen MR) is 82.6 cm³/mol. The zero-order valence-electron chi connectivity index (χ0n) is 10.2. The minimum atomic E-state index is -0.245. The molecule has 1 N–H and O–H groups in total. The van der Waals surface area contributed by atoms with E-state index in [2.05, 4.69) is 26.2 Å². The summed E-state index contributed by atoms with van der Waals surface area (Å²) in [6.45, 7) is 0. The molecule has 7 heteroatoms. The summed E-state index contributed by atoms with van der Waals surface area (Å²) in [4.78, 5) is 16.3. The fraction of sp³-hybridized carbons (Fsp3) is 0.231. The lowest BCUT2D eigenvalue weighted by atomic mass is 10.3. The fourth-order valence-electron chi connectivity index (χ4n) is 1.98. The van der Waals surface area contributed by atoms with Crippen molar-refractivity contribution in [1.29, 1.82) is 0 Å². The lowest BCUT2D eigenvalue weighted by Gasteiger charge is -2.09. The first-order chi connectivity index (χ1) is 9.54. The van der Waals surface area contributed by atoms with Gasteiger partial charge in [-0.1, -0.05) is 23.2 Å². The number of anilines is 1. The van der Waals surface area contributed by atoms with Gasteiger partial charge in [0.2, 0.25) is 0 Å². The van der Waals surface area contributed by atoms with Crippen LogP contribution in [0.1, 0.15) is 29.4 Å². The van der Waals surface area contributed by atoms with E-state index in [4.69, 9.17) is 23.2 Å². The van der Waals surface area contributed by atoms with E-state index in [1.165, 1.54) is 0 Å². The van der Waals surface area contributed by atoms with Gasteiger partial charge in [0.15, 0.2) is 5.15 Å². The summed E-state index contributed by atoms with van der Waals surface area (Å²) in [6, 6.07) is 3.74. The van der Waals surface area contributed by atoms with E-state index in [0.717, 1.165) is 17.3 Å². The molecule has 4 nitrogen and oxygen atoms in total. The van der Waals surface area contributed by atoms with Crippen LogP contribution in [0.5, 0.6) is 0 Å². The van der Waals surface area contributed by atoms with E-state index in [9.17, 15) is 4.79 Å². The standard InChI is InChI=1S/C13H10BrCl2N3O/c14-7-3-10(12(16)17-5-7)18-13(20)11-4-8(15)6-19(11)9-1-2-9/h3-6,9H,1-2H2,(H,18,20). The highest BCUT2D eigenvalue weighted by Crippen LogP contribution is 2.37. The maximum absolute atomic E-state index is 12.4. The molecule has 104 valence electrons. The minimum Gasteiger partial charge on any atom is -0.339 e. The van der Waals surface area contributed by atoms with E-state index in [0.29, 0.717) is 22.4 Å². The molecule has 2 aromatic rings. The maximum Gasteiger partial charge on any atom is 0.272 e. The zero-order valence-corrected chi connectivity index (χ0v) is 13.3. The van der Waals surface area contributed by atoms with Gasteiger partial charge >= 0.3 is 0 Å². The SMILES string of the molecule is O=C(Nc1cc(Br)cnc1Cl)c1cc(Cl)cn1C1CC1. The summed E-state index contributed by atoms with van der Waals surface area (Å²) in [6.07, 6.45) is 5.51. The highest BCUT2D eigenvalue weighted by Gasteiger charge is 2.28. The van der Waals surface area contributed by atoms with Gasteiger partial charge in [0.25, 0.3) is 5.91 Å². The van der Waals surface area contributed by atoms with Gasteiger partial charge in [-0.25, -0.2) is 4.98 Å². The van der Waals surface area contributed by atoms with Gasteiger partial charge in [0.1, 0.15) is 5.69 Å². The van der Waals surface area contributed by atoms with Crippen LogP contribution >= 0.6 is 39.1 Å². The number of halogens is 3. The molecule has 0 bridgehead atoms. The smallest absolute Gasteiger partial charge is 0.272 e. The van der Waals surface area contributed by atoms with Crippen LogP contribution in [-0.2, 0) is 0 Å². The number of nitrogens with zero attached hydrogens (tertiary/aromatic N) is 2. The second-order valence-corrected chi connectivity index (χ2v) is 6.34. The Morgan fingerprint density at radius 3 is 2.85 bits per heavy atom. The van der Waals surface area contributed by atoms with Gasteiger partial charge in [0.05, 0.1) is 10.7 Å². The third-order valence-corrected chi connectivity index (χ3v) is 3.98. The molecule has 1 amide bonds. The predicted octanol–water partition coefficient (Wildman–Crippen LogP) is 4.54. The molecule has 1 fully saturated rings. The lowest BCUT2D eigenvalue weighted by Crippen LogP contribution is -2.16. The van der Waals surface area contributed by atoms with E-state index in [1.807, 2.05) is 4.57 Å². The Hall–Kier alpha value is -1.04. The quantitative estimate of drug-likeness (QED) is 0.801. The van der Waals surface area contributed by atoms with Gasteiger partial charge < -0.3 is 9.88 Å². The summed E-state index contributed by atoms with van der Waals surface area (Å²) in [5, 5.41) is 3.56. The van der Waals surface area contributed by atoms with Gasteiger partial charge in [0, 0.05) is 22.9 Å². The van der Waals surface area contributed by atoms with Gasteiger partial charge in [-0.05, 0) is 40.9 Å². The third kappa shape index (κ3) is 2.85. The Kier molecular flexibility index (Phi) is 3.75. The first-order valence-electron chi connectivity index (χ1n) is 6.04. The molecular weight excluding hydrogens is 365 g/mol. The first kappa shape index (κ1) is 13.9. The van der Waals surface area contributed by atoms with Crippen molar-refractivity contribution >= 4 is 50.7 Å². The van der Waals surface area contributed by atoms with Crippen molar-refractivity contribution in [2.45, 2.75) is 18.9 Å². The topological polar surface area (TPSA) is 46.9 Å². The normalized spacial score (nSPS) is 14.3. The number of nitrogens with one attached hydrogen (secondary N) is 1. The molecule has 0 radical (unpaired) electrons. The molecule has 2 aromatic heterocycles. The average molecular weight is 375 g/mol. The Morgan fingerprint density at radius 2 is 2.15 bits per heavy atom. The highest BCUT2D eigenvalue weighted by molar-refractivity contribution is 9.10. The molecular formula is C13H10BrCl2N3O. The lowest BCUT2D eigenvalue weighted by molar-refractivity contribution is 0.101. The number of rotatable bonds is 3. The molecule has 1 saturated carbocycles. The van der Waals surface area contributed by atoms with Gasteiger partial charge in [-0.3, -0.25) is 4.79 Å². The molecule has 2 heterocycles. The van der Waals surface area contributed by atoms with Crippen molar-refractivity contribution in [1.82, 2.24) is 9.55 Å². The van der Waals surface area contributed by atoms with E-state index >= 15 is 0 Å². The largest absolute Gasteiger partial charge is 0.339 e. The number of carbonyl (C=O) groups excluding carboxylic acids is 1. The molecule has 0 atom stereocenters. The Labute approximate surface area is 134 Å². The van der Waals surface area contributed by atoms with Crippen LogP contribution in [-0.4, -0.2) is 15.5 Å². The molecule has 0 aromatic carbocycles. The van der Waals surface area contributed by atoms with Gasteiger partial charge in [-0.2, -0.15) is 0 Å². The van der Waals surface area contributed by atoms with E-state index in [1.54, 1.807) is 24.5 Å². The second kappa shape index (κ2) is 5.39. The molecule has 0 saturated heterocycles. The van der Waals surface area contributed by atoms with Crippen LogP contribution in [0.2, 0.25) is 10.2 Å². The minimum absolute atomic E-state index is 0.245. The number of aromatic nitrogens is 2. The van der Waals surface area contributed by atoms with Crippen molar-refractivity contribution < 1.29 is 4.79 Å². The van der Waals surface area contributed by atoms with Crippen LogP contribution in [0.3, 0.4) is 0 Å². The summed E-state index contributed by atoms with van der Waals surface area (Å²) < 4.78 is 2.66. The molecule has 1 aliphatic rings. The zero-order chi connectivity index (χ0) is 14.3. The molecule has 1 aliphatic carbocycles. The summed E-state index contributed by atoms with van der Waals surface area (Å²) in [7, 11) is 0. The summed E-state index contributed by atoms with van der Waals surface area (Å²) in [5.41, 5.74) is 0.999. The number of pyridine rings is 1. The second-order valence-electron chi connectivity index (χ2n) is 4.63. The van der Waals surface area contributed by atoms with Crippen LogP contribution in [0, 0.1) is 0 Å². The van der Waals surface area contributed by atoms with Gasteiger partial charge in [-0.15, -0.1) is 0 Å². The maximum atomic E-state index is 12.4. The van der Waals surface area contributed by atoms with Crippen molar-refractivity contribution in [2.24, 2.45) is 0 Å². The van der Waals surface area contributed by atoms with Crippen molar-refractivity contribution in [3.8, 4) is 0 Å². The van der Waals surface area contributed by atoms with Crippen molar-refractivity contribution in [2.75, 3.05) is 5.32 Å². The number of hydrogen-bond acceptors (Lipinski definition) is 2. The highest BCUT2D eigenvalue weighted by atomic mass is 79.9. The monoisotopic (exact) mass is 373 g/mol. The summed E-state index contributed by atoms with van der Waals surface area (Å²) >= 11 is 15.3. The molecule has 3 rings (SSSR count). The first-order valence-corrected chi connectivity index (χ1v) is 7.59. The third-order valence-electron chi connectivity index (χ3n) is 3.04. The molecule has 0 unspecified atom stereocenters. The molecule has 0 spiro atoms. The van der Waals surface area contributed by atoms with E-state index < -0.39 is 0 Å². The Balaban J connectivity index is 1.87. The van der Waals surface area contributed by atoms with Crippen LogP contribution in [0.4, 0.5) is 5.69 Å². The molecule has 0 aliphatic heterocycles. The number of carbonyl (C=O) groups is 1.